The quantitative estimate of drug-likeness (QED) is 0.162. The molecule has 7 rings (SSSR count). The summed E-state index contributed by atoms with van der Waals surface area (Å²) >= 11 is 0. The van der Waals surface area contributed by atoms with Crippen molar-refractivity contribution >= 4 is 40.7 Å². The van der Waals surface area contributed by atoms with Gasteiger partial charge in [-0.25, -0.2) is 4.98 Å². The number of aromatic nitrogens is 2. The van der Waals surface area contributed by atoms with Gasteiger partial charge in [0, 0.05) is 55.1 Å². The Kier molecular flexibility index (Phi) is 11.3. The molecule has 12 nitrogen and oxygen atoms in total. The molecule has 4 aromatic rings. The topological polar surface area (TPSA) is 137 Å². The lowest BCUT2D eigenvalue weighted by atomic mass is 9.89. The molecule has 15 heteroatoms. The fourth-order valence-corrected chi connectivity index (χ4v) is 7.73. The number of imidazole rings is 1. The molecular weight excluding hydrogens is 727 g/mol. The van der Waals surface area contributed by atoms with Crippen LogP contribution in [-0.4, -0.2) is 87.7 Å². The zero-order valence-corrected chi connectivity index (χ0v) is 31.4. The Morgan fingerprint density at radius 3 is 2.32 bits per heavy atom. The summed E-state index contributed by atoms with van der Waals surface area (Å²) in [6.07, 6.45) is 2.97. The summed E-state index contributed by atoms with van der Waals surface area (Å²) in [6, 6.07) is 13.7. The largest absolute Gasteiger partial charge is 0.489 e. The van der Waals surface area contributed by atoms with Crippen molar-refractivity contribution in [2.24, 2.45) is 0 Å². The van der Waals surface area contributed by atoms with Crippen LogP contribution in [0.5, 0.6) is 5.75 Å². The molecule has 1 atom stereocenters. The second-order valence-corrected chi connectivity index (χ2v) is 15.2. The van der Waals surface area contributed by atoms with Crippen molar-refractivity contribution < 1.29 is 37.1 Å². The van der Waals surface area contributed by atoms with Gasteiger partial charge in [0.25, 0.3) is 5.91 Å². The highest BCUT2D eigenvalue weighted by atomic mass is 19.4. The second kappa shape index (κ2) is 16.3. The highest BCUT2D eigenvalue weighted by Gasteiger charge is 2.32. The number of imide groups is 1. The minimum absolute atomic E-state index is 0.123. The summed E-state index contributed by atoms with van der Waals surface area (Å²) in [5.74, 6) is -0.216. The Morgan fingerprint density at radius 1 is 0.929 bits per heavy atom. The predicted octanol–water partition coefficient (Wildman–Crippen LogP) is 6.20. The van der Waals surface area contributed by atoms with Crippen molar-refractivity contribution in [3.05, 3.63) is 89.4 Å². The van der Waals surface area contributed by atoms with E-state index < -0.39 is 23.7 Å². The third-order valence-electron chi connectivity index (χ3n) is 10.8. The normalized spacial score (nSPS) is 19.0. The number of rotatable bonds is 10. The maximum atomic E-state index is 13.3. The number of fused-ring (bicyclic) bond motifs is 1. The van der Waals surface area contributed by atoms with Crippen LogP contribution in [0, 0.1) is 0 Å². The van der Waals surface area contributed by atoms with E-state index in [1.807, 2.05) is 37.1 Å². The molecule has 3 saturated heterocycles. The number of piperidine rings is 3. The zero-order valence-electron chi connectivity index (χ0n) is 31.4. The molecule has 1 unspecified atom stereocenters. The van der Waals surface area contributed by atoms with E-state index in [-0.39, 0.29) is 35.3 Å². The minimum atomic E-state index is -4.57. The molecule has 3 aliphatic heterocycles. The monoisotopic (exact) mass is 773 g/mol. The first kappa shape index (κ1) is 38.8. The first-order chi connectivity index (χ1) is 26.8. The van der Waals surface area contributed by atoms with Gasteiger partial charge in [0.2, 0.25) is 17.7 Å². The smallest absolute Gasteiger partial charge is 0.416 e. The van der Waals surface area contributed by atoms with Crippen LogP contribution in [0.1, 0.15) is 91.4 Å². The van der Waals surface area contributed by atoms with E-state index in [1.54, 1.807) is 16.7 Å². The van der Waals surface area contributed by atoms with Crippen molar-refractivity contribution in [2.75, 3.05) is 43.4 Å². The second-order valence-electron chi connectivity index (χ2n) is 15.2. The van der Waals surface area contributed by atoms with E-state index in [1.165, 1.54) is 17.7 Å². The van der Waals surface area contributed by atoms with Crippen molar-refractivity contribution in [2.45, 2.75) is 82.5 Å². The van der Waals surface area contributed by atoms with Gasteiger partial charge in [-0.05, 0) is 101 Å². The van der Waals surface area contributed by atoms with Crippen LogP contribution in [0.3, 0.4) is 0 Å². The number of benzene rings is 2. The number of nitrogens with one attached hydrogen (secondary N) is 3. The van der Waals surface area contributed by atoms with Crippen molar-refractivity contribution in [3.8, 4) is 5.75 Å². The number of hydrogen-bond donors (Lipinski definition) is 3. The van der Waals surface area contributed by atoms with Gasteiger partial charge in [0.15, 0.2) is 0 Å². The van der Waals surface area contributed by atoms with Gasteiger partial charge in [-0.1, -0.05) is 18.2 Å². The molecule has 0 spiro atoms. The number of ether oxygens (including phenoxy) is 1. The summed E-state index contributed by atoms with van der Waals surface area (Å²) in [6.45, 7) is 6.94. The maximum Gasteiger partial charge on any atom is 0.416 e. The number of amides is 4. The molecule has 2 aromatic carbocycles. The molecule has 3 N–H and O–H groups in total. The highest BCUT2D eigenvalue weighted by molar-refractivity contribution is 6.05. The van der Waals surface area contributed by atoms with Gasteiger partial charge >= 0.3 is 6.18 Å². The van der Waals surface area contributed by atoms with Crippen molar-refractivity contribution in [1.82, 2.24) is 24.5 Å². The summed E-state index contributed by atoms with van der Waals surface area (Å²) in [7, 11) is 0. The molecule has 2 aromatic heterocycles. The number of alkyl halides is 3. The Hall–Kier alpha value is -5.44. The Labute approximate surface area is 322 Å². The van der Waals surface area contributed by atoms with Crippen LogP contribution in [0.15, 0.2) is 67.0 Å². The number of anilines is 2. The van der Waals surface area contributed by atoms with Crippen LogP contribution in [0.2, 0.25) is 0 Å². The third kappa shape index (κ3) is 9.15. The van der Waals surface area contributed by atoms with Gasteiger partial charge in [-0.3, -0.25) is 29.4 Å². The van der Waals surface area contributed by atoms with E-state index in [4.69, 9.17) is 9.72 Å². The number of halogens is 3. The van der Waals surface area contributed by atoms with Crippen LogP contribution in [0.4, 0.5) is 24.5 Å². The number of carbonyl (C=O) groups is 4. The predicted molar refractivity (Wildman–Crippen MR) is 204 cm³/mol. The summed E-state index contributed by atoms with van der Waals surface area (Å²) in [4.78, 5) is 59.0. The first-order valence-corrected chi connectivity index (χ1v) is 19.2. The molecule has 3 aliphatic rings. The van der Waals surface area contributed by atoms with E-state index in [0.29, 0.717) is 55.5 Å². The Balaban J connectivity index is 0.906. The summed E-state index contributed by atoms with van der Waals surface area (Å²) < 4.78 is 47.6. The van der Waals surface area contributed by atoms with Crippen LogP contribution < -0.4 is 20.7 Å². The fourth-order valence-electron chi connectivity index (χ4n) is 7.73. The number of pyridine rings is 1. The lowest BCUT2D eigenvalue weighted by Gasteiger charge is -2.35. The lowest BCUT2D eigenvalue weighted by Crippen LogP contribution is -2.47. The van der Waals surface area contributed by atoms with E-state index >= 15 is 0 Å². The van der Waals surface area contributed by atoms with Gasteiger partial charge in [-0.15, -0.1) is 0 Å². The van der Waals surface area contributed by atoms with E-state index in [9.17, 15) is 32.3 Å². The number of carbonyl (C=O) groups excluding carboxylic acids is 4. The van der Waals surface area contributed by atoms with Crippen molar-refractivity contribution in [1.29, 1.82) is 0 Å². The molecule has 0 aliphatic carbocycles. The molecule has 56 heavy (non-hydrogen) atoms. The third-order valence-corrected chi connectivity index (χ3v) is 10.8. The molecule has 5 heterocycles. The zero-order chi connectivity index (χ0) is 39.6. The standard InChI is InChI=1S/C41H46F3N7O5/c1-25(2)56-35-21-36-46-33(22-51(36)23-34(35)47-39(54)29-4-3-5-30(20-29)41(42,43)44)28-12-16-49(17-13-28)24-38(53)50-18-14-27(15-19-50)26-6-8-31(9-7-26)45-32-10-11-37(52)48-40(32)55/h3-9,20-23,25,27-28,32,45H,10-19,24H2,1-2H3,(H,47,54)(H,48,52,55). The number of likely N-dealkylation sites (tertiary alicyclic amines) is 2. The number of nitrogens with zero attached hydrogens (tertiary/aromatic N) is 4. The number of hydrogen-bond acceptors (Lipinski definition) is 8. The average molecular weight is 774 g/mol. The van der Waals surface area contributed by atoms with Crippen LogP contribution >= 0.6 is 0 Å². The molecule has 3 fully saturated rings. The Morgan fingerprint density at radius 2 is 1.64 bits per heavy atom. The van der Waals surface area contributed by atoms with E-state index in [2.05, 4.69) is 33.0 Å². The Bertz CT molecular complexity index is 2090. The first-order valence-electron chi connectivity index (χ1n) is 19.2. The molecule has 0 bridgehead atoms. The van der Waals surface area contributed by atoms with Gasteiger partial charge in [-0.2, -0.15) is 13.2 Å². The molecule has 296 valence electrons. The van der Waals surface area contributed by atoms with Crippen LogP contribution in [0.25, 0.3) is 5.65 Å². The van der Waals surface area contributed by atoms with Gasteiger partial charge in [0.05, 0.1) is 23.9 Å². The summed E-state index contributed by atoms with van der Waals surface area (Å²) in [5.41, 5.74) is 2.83. The lowest BCUT2D eigenvalue weighted by molar-refractivity contribution is -0.138. The molecule has 4 amide bonds. The molecule has 0 saturated carbocycles. The minimum Gasteiger partial charge on any atom is -0.489 e. The maximum absolute atomic E-state index is 13.3. The van der Waals surface area contributed by atoms with E-state index in [0.717, 1.165) is 62.3 Å². The van der Waals surface area contributed by atoms with Gasteiger partial charge < -0.3 is 24.7 Å². The summed E-state index contributed by atoms with van der Waals surface area (Å²) in [5, 5.41) is 8.31. The molecule has 0 radical (unpaired) electrons. The highest BCUT2D eigenvalue weighted by Crippen LogP contribution is 2.34. The van der Waals surface area contributed by atoms with Crippen molar-refractivity contribution in [3.63, 3.8) is 0 Å². The van der Waals surface area contributed by atoms with Crippen LogP contribution in [-0.2, 0) is 20.6 Å². The SMILES string of the molecule is CC(C)Oc1cc2nc(C3CCN(CC(=O)N4CCC(c5ccc(NC6CCC(=O)NC6=O)cc5)CC4)CC3)cn2cc1NC(=O)c1cccc(C(F)(F)F)c1. The average Bonchev–Trinajstić information content (AvgIpc) is 3.59. The van der Waals surface area contributed by atoms with Gasteiger partial charge in [0.1, 0.15) is 23.1 Å². The molecular formula is C41H46F3N7O5. The fraction of sp³-hybridized carbons (Fsp3) is 0.439.